The first kappa shape index (κ1) is 40.2. The summed E-state index contributed by atoms with van der Waals surface area (Å²) >= 11 is 0. The van der Waals surface area contributed by atoms with E-state index in [1.54, 1.807) is 0 Å². The van der Waals surface area contributed by atoms with Crippen molar-refractivity contribution in [3.8, 4) is 11.4 Å². The highest BCUT2D eigenvalue weighted by Crippen LogP contribution is 2.43. The Bertz CT molecular complexity index is 3950. The lowest BCUT2D eigenvalue weighted by Gasteiger charge is -2.52. The average Bonchev–Trinajstić information content (AvgIpc) is 3.97. The lowest BCUT2D eigenvalue weighted by atomic mass is 10.1. The minimum atomic E-state index is -3.13. The van der Waals surface area contributed by atoms with Gasteiger partial charge >= 0.3 is 0 Å². The molecule has 0 amide bonds. The molecule has 0 saturated carbocycles. The molecule has 5 heteroatoms. The van der Waals surface area contributed by atoms with Crippen LogP contribution in [0.5, 0.6) is 0 Å². The minimum absolute atomic E-state index is 1.15. The Kier molecular flexibility index (Phi) is 8.70. The first-order valence-corrected chi connectivity index (χ1v) is 28.7. The molecule has 0 fully saturated rings. The molecule has 0 aliphatic carbocycles. The van der Waals surface area contributed by atoms with Crippen molar-refractivity contribution < 1.29 is 0 Å². The van der Waals surface area contributed by atoms with E-state index in [-0.39, 0.29) is 0 Å². The van der Waals surface area contributed by atoms with Gasteiger partial charge in [-0.15, -0.1) is 0 Å². The van der Waals surface area contributed by atoms with E-state index in [1.165, 1.54) is 108 Å². The molecule has 0 radical (unpaired) electrons. The lowest BCUT2D eigenvalue weighted by molar-refractivity contribution is 1.17. The SMILES string of the molecule is c1ccc([Si]2(c3ccccc3)c3ccccc3N3c4ccccc4[Si](c4ccccc4)(c4ccccc4)c4cc(-n5c6ccccc6c6cc(-n7c8ccccc8c8ccccc87)ccc65)cc2c43)cc1. The number of para-hydroxylation sites is 5. The molecule has 0 spiro atoms. The van der Waals surface area contributed by atoms with Crippen molar-refractivity contribution in [1.82, 2.24) is 9.13 Å². The summed E-state index contributed by atoms with van der Waals surface area (Å²) in [7, 11) is -6.26. The van der Waals surface area contributed by atoms with Crippen molar-refractivity contribution in [3.05, 3.63) is 273 Å². The molecule has 0 unspecified atom stereocenters. The Morgan fingerprint density at radius 3 is 1.01 bits per heavy atom. The number of benzene rings is 11. The first-order valence-electron chi connectivity index (χ1n) is 24.7. The molecule has 2 aliphatic heterocycles. The van der Waals surface area contributed by atoms with Crippen molar-refractivity contribution in [1.29, 1.82) is 0 Å². The van der Waals surface area contributed by atoms with Gasteiger partial charge in [0.15, 0.2) is 16.1 Å². The topological polar surface area (TPSA) is 13.1 Å². The fraction of sp³-hybridized carbons (Fsp3) is 0. The third kappa shape index (κ3) is 5.42. The number of aromatic nitrogens is 2. The van der Waals surface area contributed by atoms with Crippen LogP contribution in [0.15, 0.2) is 273 Å². The molecular formula is C66H45N3Si2. The molecule has 0 N–H and O–H groups in total. The van der Waals surface area contributed by atoms with Crippen LogP contribution in [0, 0.1) is 0 Å². The summed E-state index contributed by atoms with van der Waals surface area (Å²) in [5, 5.41) is 16.1. The van der Waals surface area contributed by atoms with Gasteiger partial charge in [0.25, 0.3) is 0 Å². The van der Waals surface area contributed by atoms with Gasteiger partial charge in [0, 0.05) is 50.0 Å². The summed E-state index contributed by atoms with van der Waals surface area (Å²) in [5.41, 5.74) is 11.0. The van der Waals surface area contributed by atoms with Crippen LogP contribution in [0.25, 0.3) is 55.0 Å². The standard InChI is InChI=1S/C66H45N3Si2/c1-5-23-48(24-6-1)70(49-25-7-2-8-26-49)62-39-21-19-37-60(62)69-61-38-20-22-40-63(61)71(50-27-9-3-10-28-50,51-29-11-4-12-30-51)65-45-47(44-64(70)66(65)69)68-58-36-18-15-33-54(58)55-43-46(41-42-59(55)68)67-56-34-16-13-31-52(56)53-32-14-17-35-57(53)67/h1-45H. The fourth-order valence-electron chi connectivity index (χ4n) is 13.1. The maximum Gasteiger partial charge on any atom is 0.184 e. The van der Waals surface area contributed by atoms with E-state index in [2.05, 4.69) is 287 Å². The molecule has 2 aliphatic rings. The van der Waals surface area contributed by atoms with Crippen LogP contribution in [-0.2, 0) is 0 Å². The zero-order chi connectivity index (χ0) is 46.7. The Morgan fingerprint density at radius 2 is 0.577 bits per heavy atom. The summed E-state index contributed by atoms with van der Waals surface area (Å²) in [4.78, 5) is 2.66. The Labute approximate surface area is 414 Å². The second-order valence-corrected chi connectivity index (χ2v) is 26.6. The smallest absolute Gasteiger partial charge is 0.184 e. The molecular weight excluding hydrogens is 891 g/mol. The van der Waals surface area contributed by atoms with Gasteiger partial charge < -0.3 is 14.0 Å². The molecule has 71 heavy (non-hydrogen) atoms. The Balaban J connectivity index is 1.13. The van der Waals surface area contributed by atoms with Crippen LogP contribution in [-0.4, -0.2) is 25.3 Å². The average molecular weight is 936 g/mol. The zero-order valence-corrected chi connectivity index (χ0v) is 40.8. The third-order valence-corrected chi connectivity index (χ3v) is 25.4. The largest absolute Gasteiger partial charge is 0.311 e. The predicted octanol–water partition coefficient (Wildman–Crippen LogP) is 10.7. The zero-order valence-electron chi connectivity index (χ0n) is 38.8. The third-order valence-electron chi connectivity index (χ3n) is 15.8. The van der Waals surface area contributed by atoms with Gasteiger partial charge in [-0.05, 0) is 102 Å². The van der Waals surface area contributed by atoms with Crippen molar-refractivity contribution in [2.45, 2.75) is 0 Å². The van der Waals surface area contributed by atoms with Crippen LogP contribution in [0.4, 0.5) is 17.1 Å². The van der Waals surface area contributed by atoms with E-state index in [1.807, 2.05) is 0 Å². The molecule has 2 aromatic heterocycles. The van der Waals surface area contributed by atoms with Crippen molar-refractivity contribution in [3.63, 3.8) is 0 Å². The van der Waals surface area contributed by atoms with Crippen molar-refractivity contribution >= 4 is 118 Å². The summed E-state index contributed by atoms with van der Waals surface area (Å²) in [5.74, 6) is 0. The molecule has 0 saturated heterocycles. The van der Waals surface area contributed by atoms with Gasteiger partial charge in [0.1, 0.15) is 0 Å². The summed E-state index contributed by atoms with van der Waals surface area (Å²) in [6.45, 7) is 0. The van der Waals surface area contributed by atoms with Gasteiger partial charge in [-0.1, -0.05) is 212 Å². The van der Waals surface area contributed by atoms with E-state index < -0.39 is 16.1 Å². The fourth-order valence-corrected chi connectivity index (χ4v) is 23.5. The second-order valence-electron chi connectivity index (χ2n) is 19.1. The second kappa shape index (κ2) is 15.4. The molecule has 0 bridgehead atoms. The maximum absolute atomic E-state index is 3.13. The van der Waals surface area contributed by atoms with E-state index in [0.29, 0.717) is 0 Å². The van der Waals surface area contributed by atoms with Gasteiger partial charge in [-0.25, -0.2) is 0 Å². The summed E-state index contributed by atoms with van der Waals surface area (Å²) in [6, 6.07) is 104. The number of nitrogens with zero attached hydrogens (tertiary/aromatic N) is 3. The number of rotatable bonds is 6. The molecule has 11 aromatic carbocycles. The van der Waals surface area contributed by atoms with Gasteiger partial charge in [-0.3, -0.25) is 0 Å². The predicted molar refractivity (Wildman–Crippen MR) is 304 cm³/mol. The summed E-state index contributed by atoms with van der Waals surface area (Å²) < 4.78 is 5.04. The van der Waals surface area contributed by atoms with Crippen molar-refractivity contribution in [2.24, 2.45) is 0 Å². The molecule has 332 valence electrons. The Hall–Kier alpha value is -8.75. The molecule has 0 atom stereocenters. The van der Waals surface area contributed by atoms with Gasteiger partial charge in [-0.2, -0.15) is 0 Å². The number of anilines is 3. The van der Waals surface area contributed by atoms with E-state index in [4.69, 9.17) is 0 Å². The highest BCUT2D eigenvalue weighted by Gasteiger charge is 2.56. The molecule has 4 heterocycles. The monoisotopic (exact) mass is 935 g/mol. The minimum Gasteiger partial charge on any atom is -0.311 e. The van der Waals surface area contributed by atoms with Crippen LogP contribution < -0.4 is 46.4 Å². The molecule has 3 nitrogen and oxygen atoms in total. The first-order chi connectivity index (χ1) is 35.3. The Morgan fingerprint density at radius 1 is 0.239 bits per heavy atom. The van der Waals surface area contributed by atoms with Gasteiger partial charge in [0.05, 0.1) is 22.1 Å². The molecule has 15 rings (SSSR count). The number of hydrogen-bond acceptors (Lipinski definition) is 1. The number of hydrogen-bond donors (Lipinski definition) is 0. The van der Waals surface area contributed by atoms with E-state index in [9.17, 15) is 0 Å². The van der Waals surface area contributed by atoms with E-state index >= 15 is 0 Å². The summed E-state index contributed by atoms with van der Waals surface area (Å²) in [6.07, 6.45) is 0. The number of fused-ring (bicyclic) bond motifs is 10. The van der Waals surface area contributed by atoms with Gasteiger partial charge in [0.2, 0.25) is 0 Å². The van der Waals surface area contributed by atoms with Crippen LogP contribution in [0.1, 0.15) is 0 Å². The molecule has 13 aromatic rings. The lowest BCUT2D eigenvalue weighted by Crippen LogP contribution is -2.82. The highest BCUT2D eigenvalue weighted by molar-refractivity contribution is 7.24. The van der Waals surface area contributed by atoms with Crippen LogP contribution in [0.3, 0.4) is 0 Å². The maximum atomic E-state index is 2.66. The van der Waals surface area contributed by atoms with E-state index in [0.717, 1.165) is 5.69 Å². The van der Waals surface area contributed by atoms with Crippen molar-refractivity contribution in [2.75, 3.05) is 4.90 Å². The van der Waals surface area contributed by atoms with Crippen LogP contribution in [0.2, 0.25) is 0 Å². The van der Waals surface area contributed by atoms with Crippen LogP contribution >= 0.6 is 0 Å². The highest BCUT2D eigenvalue weighted by atomic mass is 28.3. The normalized spacial score (nSPS) is 14.1. The quantitative estimate of drug-likeness (QED) is 0.151.